The Morgan fingerprint density at radius 3 is 2.71 bits per heavy atom. The molecule has 76 valence electrons. The van der Waals surface area contributed by atoms with Gasteiger partial charge in [-0.1, -0.05) is 0 Å². The standard InChI is InChI=1S/C9H11NO4/c1-2-10(8(11)9(12)13)6-7-4-3-5-14-7/h3-5H,2,6H2,1H3,(H,12,13). The van der Waals surface area contributed by atoms with Crippen LogP contribution < -0.4 is 0 Å². The van der Waals surface area contributed by atoms with Gasteiger partial charge in [0.2, 0.25) is 0 Å². The van der Waals surface area contributed by atoms with Crippen LogP contribution in [0.4, 0.5) is 0 Å². The Labute approximate surface area is 80.9 Å². The van der Waals surface area contributed by atoms with Crippen molar-refractivity contribution in [3.05, 3.63) is 24.2 Å². The van der Waals surface area contributed by atoms with Crippen LogP contribution in [0.2, 0.25) is 0 Å². The van der Waals surface area contributed by atoms with Crippen LogP contribution in [0.5, 0.6) is 0 Å². The van der Waals surface area contributed by atoms with Crippen LogP contribution in [0.3, 0.4) is 0 Å². The van der Waals surface area contributed by atoms with Gasteiger partial charge in [-0.25, -0.2) is 4.79 Å². The van der Waals surface area contributed by atoms with E-state index in [2.05, 4.69) is 0 Å². The third-order valence-electron chi connectivity index (χ3n) is 1.78. The van der Waals surface area contributed by atoms with Gasteiger partial charge in [-0.15, -0.1) is 0 Å². The predicted octanol–water partition coefficient (Wildman–Crippen LogP) is 0.713. The molecule has 1 rings (SSSR count). The lowest BCUT2D eigenvalue weighted by atomic mass is 10.4. The highest BCUT2D eigenvalue weighted by atomic mass is 16.4. The fourth-order valence-corrected chi connectivity index (χ4v) is 1.05. The fourth-order valence-electron chi connectivity index (χ4n) is 1.05. The molecule has 0 spiro atoms. The average molecular weight is 197 g/mol. The van der Waals surface area contributed by atoms with Crippen molar-refractivity contribution in [1.82, 2.24) is 4.90 Å². The van der Waals surface area contributed by atoms with Crippen molar-refractivity contribution in [2.45, 2.75) is 13.5 Å². The fraction of sp³-hybridized carbons (Fsp3) is 0.333. The third-order valence-corrected chi connectivity index (χ3v) is 1.78. The first-order valence-corrected chi connectivity index (χ1v) is 4.19. The van der Waals surface area contributed by atoms with Gasteiger partial charge in [0.15, 0.2) is 0 Å². The van der Waals surface area contributed by atoms with E-state index in [1.807, 2.05) is 0 Å². The molecule has 1 aromatic rings. The summed E-state index contributed by atoms with van der Waals surface area (Å²) in [5.74, 6) is -1.79. The zero-order valence-corrected chi connectivity index (χ0v) is 7.77. The highest BCUT2D eigenvalue weighted by Gasteiger charge is 2.19. The number of aliphatic carboxylic acids is 1. The van der Waals surface area contributed by atoms with Gasteiger partial charge in [0, 0.05) is 6.54 Å². The normalized spacial score (nSPS) is 9.79. The quantitative estimate of drug-likeness (QED) is 0.724. The Kier molecular flexibility index (Phi) is 3.28. The summed E-state index contributed by atoms with van der Waals surface area (Å²) < 4.78 is 5.01. The maximum Gasteiger partial charge on any atom is 0.394 e. The minimum Gasteiger partial charge on any atom is -0.474 e. The Morgan fingerprint density at radius 2 is 2.29 bits per heavy atom. The van der Waals surface area contributed by atoms with E-state index < -0.39 is 11.9 Å². The van der Waals surface area contributed by atoms with Crippen LogP contribution in [0.15, 0.2) is 22.8 Å². The van der Waals surface area contributed by atoms with Gasteiger partial charge in [0.1, 0.15) is 5.76 Å². The van der Waals surface area contributed by atoms with E-state index in [9.17, 15) is 9.59 Å². The van der Waals surface area contributed by atoms with E-state index >= 15 is 0 Å². The molecule has 0 saturated heterocycles. The third kappa shape index (κ3) is 2.35. The molecule has 0 aliphatic rings. The lowest BCUT2D eigenvalue weighted by Gasteiger charge is -2.16. The van der Waals surface area contributed by atoms with E-state index in [0.29, 0.717) is 12.3 Å². The monoisotopic (exact) mass is 197 g/mol. The maximum absolute atomic E-state index is 11.1. The molecule has 0 unspecified atom stereocenters. The molecule has 1 N–H and O–H groups in total. The number of likely N-dealkylation sites (N-methyl/N-ethyl adjacent to an activating group) is 1. The van der Waals surface area contributed by atoms with Crippen LogP contribution in [-0.4, -0.2) is 28.4 Å². The predicted molar refractivity (Wildman–Crippen MR) is 47.4 cm³/mol. The number of nitrogens with zero attached hydrogens (tertiary/aromatic N) is 1. The van der Waals surface area contributed by atoms with E-state index in [0.717, 1.165) is 0 Å². The number of rotatable bonds is 3. The van der Waals surface area contributed by atoms with E-state index in [-0.39, 0.29) is 6.54 Å². The molecule has 0 aliphatic carbocycles. The van der Waals surface area contributed by atoms with E-state index in [1.54, 1.807) is 19.1 Å². The van der Waals surface area contributed by atoms with Crippen molar-refractivity contribution < 1.29 is 19.1 Å². The van der Waals surface area contributed by atoms with Crippen molar-refractivity contribution in [3.8, 4) is 0 Å². The average Bonchev–Trinajstić information content (AvgIpc) is 2.65. The summed E-state index contributed by atoms with van der Waals surface area (Å²) in [4.78, 5) is 22.7. The van der Waals surface area contributed by atoms with Gasteiger partial charge < -0.3 is 14.4 Å². The topological polar surface area (TPSA) is 70.8 Å². The van der Waals surface area contributed by atoms with Gasteiger partial charge >= 0.3 is 11.9 Å². The van der Waals surface area contributed by atoms with Crippen LogP contribution in [-0.2, 0) is 16.1 Å². The number of carbonyl (C=O) groups excluding carboxylic acids is 1. The Hall–Kier alpha value is -1.78. The summed E-state index contributed by atoms with van der Waals surface area (Å²) in [6.07, 6.45) is 1.48. The van der Waals surface area contributed by atoms with E-state index in [4.69, 9.17) is 9.52 Å². The summed E-state index contributed by atoms with van der Waals surface area (Å²) in [6.45, 7) is 2.24. The minimum atomic E-state index is -1.45. The van der Waals surface area contributed by atoms with Gasteiger partial charge in [-0.2, -0.15) is 0 Å². The second-order valence-electron chi connectivity index (χ2n) is 2.70. The summed E-state index contributed by atoms with van der Waals surface area (Å²) in [6, 6.07) is 3.38. The maximum atomic E-state index is 11.1. The second kappa shape index (κ2) is 4.45. The molecule has 1 amide bonds. The van der Waals surface area contributed by atoms with Crippen molar-refractivity contribution in [2.75, 3.05) is 6.54 Å². The molecular weight excluding hydrogens is 186 g/mol. The number of hydrogen-bond donors (Lipinski definition) is 1. The Balaban J connectivity index is 2.64. The summed E-state index contributed by atoms with van der Waals surface area (Å²) in [7, 11) is 0. The first-order chi connectivity index (χ1) is 6.65. The molecule has 14 heavy (non-hydrogen) atoms. The summed E-state index contributed by atoms with van der Waals surface area (Å²) >= 11 is 0. The van der Waals surface area contributed by atoms with Gasteiger partial charge in [0.25, 0.3) is 0 Å². The number of amides is 1. The van der Waals surface area contributed by atoms with Gasteiger partial charge in [-0.05, 0) is 19.1 Å². The highest BCUT2D eigenvalue weighted by Crippen LogP contribution is 2.05. The SMILES string of the molecule is CCN(Cc1ccco1)C(=O)C(=O)O. The molecule has 0 aromatic carbocycles. The summed E-state index contributed by atoms with van der Waals surface area (Å²) in [5, 5.41) is 8.49. The Morgan fingerprint density at radius 1 is 1.57 bits per heavy atom. The second-order valence-corrected chi connectivity index (χ2v) is 2.70. The molecular formula is C9H11NO4. The highest BCUT2D eigenvalue weighted by molar-refractivity contribution is 6.31. The summed E-state index contributed by atoms with van der Waals surface area (Å²) in [5.41, 5.74) is 0. The van der Waals surface area contributed by atoms with E-state index in [1.165, 1.54) is 11.2 Å². The molecule has 0 radical (unpaired) electrons. The molecule has 0 saturated carbocycles. The first kappa shape index (κ1) is 10.3. The molecule has 1 aromatic heterocycles. The van der Waals surface area contributed by atoms with Crippen molar-refractivity contribution in [2.24, 2.45) is 0 Å². The molecule has 5 nitrogen and oxygen atoms in total. The minimum absolute atomic E-state index is 0.189. The van der Waals surface area contributed by atoms with Gasteiger partial charge in [-0.3, -0.25) is 4.79 Å². The van der Waals surface area contributed by atoms with Crippen LogP contribution in [0.25, 0.3) is 0 Å². The van der Waals surface area contributed by atoms with Gasteiger partial charge in [0.05, 0.1) is 12.8 Å². The van der Waals surface area contributed by atoms with Crippen LogP contribution in [0, 0.1) is 0 Å². The zero-order valence-electron chi connectivity index (χ0n) is 7.77. The first-order valence-electron chi connectivity index (χ1n) is 4.19. The number of carboxylic acids is 1. The Bertz CT molecular complexity index is 318. The number of furan rings is 1. The number of hydrogen-bond acceptors (Lipinski definition) is 3. The smallest absolute Gasteiger partial charge is 0.394 e. The molecule has 5 heteroatoms. The lowest BCUT2D eigenvalue weighted by molar-refractivity contribution is -0.156. The van der Waals surface area contributed by atoms with Crippen LogP contribution >= 0.6 is 0 Å². The molecule has 0 bridgehead atoms. The molecule has 0 atom stereocenters. The van der Waals surface area contributed by atoms with Crippen molar-refractivity contribution >= 4 is 11.9 Å². The zero-order chi connectivity index (χ0) is 10.6. The number of carboxylic acid groups (broad SMARTS) is 1. The number of carbonyl (C=O) groups is 2. The molecule has 1 heterocycles. The molecule has 0 aliphatic heterocycles. The van der Waals surface area contributed by atoms with Crippen molar-refractivity contribution in [3.63, 3.8) is 0 Å². The van der Waals surface area contributed by atoms with Crippen molar-refractivity contribution in [1.29, 1.82) is 0 Å². The largest absolute Gasteiger partial charge is 0.474 e. The van der Waals surface area contributed by atoms with Crippen LogP contribution in [0.1, 0.15) is 12.7 Å². The lowest BCUT2D eigenvalue weighted by Crippen LogP contribution is -2.35. The molecule has 0 fully saturated rings.